The Morgan fingerprint density at radius 1 is 1.56 bits per heavy atom. The minimum atomic E-state index is -0.265. The maximum Gasteiger partial charge on any atom is 0.145 e. The smallest absolute Gasteiger partial charge is 0.145 e. The van der Waals surface area contributed by atoms with E-state index in [1.54, 1.807) is 6.07 Å². The van der Waals surface area contributed by atoms with E-state index < -0.39 is 0 Å². The van der Waals surface area contributed by atoms with E-state index >= 15 is 0 Å². The summed E-state index contributed by atoms with van der Waals surface area (Å²) in [6, 6.07) is 5.02. The Morgan fingerprint density at radius 3 is 3.12 bits per heavy atom. The molecule has 0 amide bonds. The molecule has 0 saturated carbocycles. The molecule has 0 spiro atoms. The highest BCUT2D eigenvalue weighted by molar-refractivity contribution is 5.57. The molecule has 1 unspecified atom stereocenters. The third-order valence-electron chi connectivity index (χ3n) is 2.66. The van der Waals surface area contributed by atoms with Gasteiger partial charge < -0.3 is 15.4 Å². The molecule has 1 aromatic carbocycles. The minimum Gasteiger partial charge on any atom is -0.492 e. The number of hydrogen-bond acceptors (Lipinski definition) is 3. The average Bonchev–Trinajstić information content (AvgIpc) is 2.75. The molecule has 0 aromatic heterocycles. The van der Waals surface area contributed by atoms with Crippen LogP contribution in [0, 0.1) is 5.82 Å². The van der Waals surface area contributed by atoms with E-state index in [1.807, 2.05) is 6.92 Å². The van der Waals surface area contributed by atoms with Crippen molar-refractivity contribution in [3.63, 3.8) is 0 Å². The zero-order valence-electron chi connectivity index (χ0n) is 9.42. The number of benzene rings is 1. The van der Waals surface area contributed by atoms with Crippen molar-refractivity contribution < 1.29 is 9.13 Å². The fourth-order valence-corrected chi connectivity index (χ4v) is 1.89. The molecule has 1 fully saturated rings. The summed E-state index contributed by atoms with van der Waals surface area (Å²) in [6.45, 7) is 4.42. The third kappa shape index (κ3) is 2.64. The van der Waals surface area contributed by atoms with Crippen molar-refractivity contribution >= 4 is 5.69 Å². The molecule has 4 heteroatoms. The summed E-state index contributed by atoms with van der Waals surface area (Å²) < 4.78 is 18.5. The lowest BCUT2D eigenvalue weighted by Crippen LogP contribution is -2.22. The van der Waals surface area contributed by atoms with Crippen LogP contribution in [0.3, 0.4) is 0 Å². The first-order valence-corrected chi connectivity index (χ1v) is 5.69. The molecule has 0 bridgehead atoms. The van der Waals surface area contributed by atoms with Gasteiger partial charge in [-0.3, -0.25) is 0 Å². The van der Waals surface area contributed by atoms with Crippen LogP contribution in [0.2, 0.25) is 0 Å². The van der Waals surface area contributed by atoms with Crippen LogP contribution in [0.5, 0.6) is 5.75 Å². The van der Waals surface area contributed by atoms with Gasteiger partial charge in [0, 0.05) is 18.7 Å². The Labute approximate surface area is 95.0 Å². The van der Waals surface area contributed by atoms with Crippen LogP contribution in [0.25, 0.3) is 0 Å². The zero-order chi connectivity index (χ0) is 11.4. The first kappa shape index (κ1) is 11.2. The average molecular weight is 224 g/mol. The lowest BCUT2D eigenvalue weighted by Gasteiger charge is -2.16. The van der Waals surface area contributed by atoms with E-state index in [-0.39, 0.29) is 5.82 Å². The summed E-state index contributed by atoms with van der Waals surface area (Å²) in [7, 11) is 0. The molecule has 1 aliphatic heterocycles. The number of rotatable bonds is 4. The summed E-state index contributed by atoms with van der Waals surface area (Å²) in [5.41, 5.74) is 0.872. The van der Waals surface area contributed by atoms with Crippen LogP contribution in [0.4, 0.5) is 10.1 Å². The van der Waals surface area contributed by atoms with Crippen molar-refractivity contribution in [2.75, 3.05) is 25.0 Å². The van der Waals surface area contributed by atoms with Gasteiger partial charge in [0.05, 0.1) is 12.3 Å². The van der Waals surface area contributed by atoms with Gasteiger partial charge in [-0.15, -0.1) is 0 Å². The van der Waals surface area contributed by atoms with Gasteiger partial charge in [-0.2, -0.15) is 0 Å². The van der Waals surface area contributed by atoms with Gasteiger partial charge in [0.25, 0.3) is 0 Å². The van der Waals surface area contributed by atoms with Gasteiger partial charge in [0.2, 0.25) is 0 Å². The Hall–Kier alpha value is -1.29. The van der Waals surface area contributed by atoms with Crippen LogP contribution in [0.15, 0.2) is 18.2 Å². The van der Waals surface area contributed by atoms with Gasteiger partial charge in [-0.25, -0.2) is 4.39 Å². The summed E-state index contributed by atoms with van der Waals surface area (Å²) >= 11 is 0. The molecular weight excluding hydrogens is 207 g/mol. The number of halogens is 1. The van der Waals surface area contributed by atoms with Crippen molar-refractivity contribution in [1.82, 2.24) is 5.32 Å². The van der Waals surface area contributed by atoms with E-state index in [0.29, 0.717) is 18.4 Å². The first-order chi connectivity index (χ1) is 7.79. The highest BCUT2D eigenvalue weighted by Gasteiger charge is 2.15. The molecule has 0 aliphatic carbocycles. The summed E-state index contributed by atoms with van der Waals surface area (Å²) in [4.78, 5) is 0. The predicted molar refractivity (Wildman–Crippen MR) is 62.5 cm³/mol. The Morgan fingerprint density at radius 2 is 2.44 bits per heavy atom. The first-order valence-electron chi connectivity index (χ1n) is 5.69. The molecule has 3 nitrogen and oxygen atoms in total. The molecule has 2 rings (SSSR count). The fourth-order valence-electron chi connectivity index (χ4n) is 1.89. The molecule has 88 valence electrons. The topological polar surface area (TPSA) is 33.3 Å². The van der Waals surface area contributed by atoms with Gasteiger partial charge in [-0.05, 0) is 32.0 Å². The molecule has 2 N–H and O–H groups in total. The molecular formula is C12H17FN2O. The van der Waals surface area contributed by atoms with Crippen molar-refractivity contribution in [2.24, 2.45) is 0 Å². The second-order valence-corrected chi connectivity index (χ2v) is 3.91. The summed E-state index contributed by atoms with van der Waals surface area (Å²) in [6.07, 6.45) is 1.09. The molecule has 1 atom stereocenters. The lowest BCUT2D eigenvalue weighted by atomic mass is 10.2. The number of hydrogen-bond donors (Lipinski definition) is 2. The van der Waals surface area contributed by atoms with Crippen molar-refractivity contribution in [2.45, 2.75) is 19.4 Å². The van der Waals surface area contributed by atoms with Gasteiger partial charge >= 0.3 is 0 Å². The maximum absolute atomic E-state index is 13.1. The maximum atomic E-state index is 13.1. The Kier molecular flexibility index (Phi) is 3.62. The standard InChI is InChI=1S/C12H17FN2O/c1-2-16-12-7-9(13)3-4-11(12)15-10-5-6-14-8-10/h3-4,7,10,14-15H,2,5-6,8H2,1H3. The second kappa shape index (κ2) is 5.16. The van der Waals surface area contributed by atoms with Crippen LogP contribution in [-0.4, -0.2) is 25.7 Å². The van der Waals surface area contributed by atoms with Crippen molar-refractivity contribution in [1.29, 1.82) is 0 Å². The van der Waals surface area contributed by atoms with E-state index in [1.165, 1.54) is 12.1 Å². The van der Waals surface area contributed by atoms with Crippen LogP contribution < -0.4 is 15.4 Å². The van der Waals surface area contributed by atoms with E-state index in [2.05, 4.69) is 10.6 Å². The van der Waals surface area contributed by atoms with Crippen LogP contribution in [-0.2, 0) is 0 Å². The number of ether oxygens (including phenoxy) is 1. The van der Waals surface area contributed by atoms with Gasteiger partial charge in [0.1, 0.15) is 11.6 Å². The Balaban J connectivity index is 2.11. The number of anilines is 1. The molecule has 1 aromatic rings. The zero-order valence-corrected chi connectivity index (χ0v) is 9.42. The fraction of sp³-hybridized carbons (Fsp3) is 0.500. The van der Waals surface area contributed by atoms with Gasteiger partial charge in [-0.1, -0.05) is 0 Å². The van der Waals surface area contributed by atoms with E-state index in [4.69, 9.17) is 4.74 Å². The monoisotopic (exact) mass is 224 g/mol. The molecule has 1 saturated heterocycles. The van der Waals surface area contributed by atoms with Gasteiger partial charge in [0.15, 0.2) is 0 Å². The normalized spacial score (nSPS) is 19.8. The second-order valence-electron chi connectivity index (χ2n) is 3.91. The summed E-state index contributed by atoms with van der Waals surface area (Å²) in [5.74, 6) is 0.327. The number of nitrogens with one attached hydrogen (secondary N) is 2. The SMILES string of the molecule is CCOc1cc(F)ccc1NC1CCNC1. The van der Waals surface area contributed by atoms with Crippen LogP contribution >= 0.6 is 0 Å². The largest absolute Gasteiger partial charge is 0.492 e. The van der Waals surface area contributed by atoms with E-state index in [9.17, 15) is 4.39 Å². The molecule has 16 heavy (non-hydrogen) atoms. The molecule has 1 heterocycles. The quantitative estimate of drug-likeness (QED) is 0.820. The molecule has 1 aliphatic rings. The third-order valence-corrected chi connectivity index (χ3v) is 2.66. The van der Waals surface area contributed by atoms with Crippen molar-refractivity contribution in [3.05, 3.63) is 24.0 Å². The molecule has 0 radical (unpaired) electrons. The Bertz CT molecular complexity index is 351. The van der Waals surface area contributed by atoms with Crippen molar-refractivity contribution in [3.8, 4) is 5.75 Å². The summed E-state index contributed by atoms with van der Waals surface area (Å²) in [5, 5.41) is 6.65. The highest BCUT2D eigenvalue weighted by atomic mass is 19.1. The minimum absolute atomic E-state index is 0.265. The van der Waals surface area contributed by atoms with Crippen LogP contribution in [0.1, 0.15) is 13.3 Å². The highest BCUT2D eigenvalue weighted by Crippen LogP contribution is 2.26. The predicted octanol–water partition coefficient (Wildman–Crippen LogP) is 2.00. The van der Waals surface area contributed by atoms with E-state index in [0.717, 1.165) is 25.2 Å². The lowest BCUT2D eigenvalue weighted by molar-refractivity contribution is 0.339.